The Hall–Kier alpha value is -0.610. The van der Waals surface area contributed by atoms with Crippen LogP contribution in [0.2, 0.25) is 0 Å². The van der Waals surface area contributed by atoms with Crippen molar-refractivity contribution in [3.05, 3.63) is 0 Å². The summed E-state index contributed by atoms with van der Waals surface area (Å²) >= 11 is 0. The second kappa shape index (κ2) is 3.10. The fraction of sp³-hybridized carbons (Fsp3) is 0.929. The van der Waals surface area contributed by atoms with Crippen molar-refractivity contribution in [2.45, 2.75) is 49.6 Å². The standard InChI is InChI=1S/C14H22N2O2/c1-18-11(17)7-16-14-4-9-2-12(15)5-10(6-14)13(14,3-9)8-12/h9-10,16H,2-8,15H2,1H3. The summed E-state index contributed by atoms with van der Waals surface area (Å²) in [4.78, 5) is 11.4. The van der Waals surface area contributed by atoms with Crippen molar-refractivity contribution in [1.82, 2.24) is 5.32 Å². The molecule has 4 nitrogen and oxygen atoms in total. The average molecular weight is 250 g/mol. The van der Waals surface area contributed by atoms with Gasteiger partial charge in [-0.25, -0.2) is 0 Å². The number of esters is 1. The number of hydrogen-bond acceptors (Lipinski definition) is 4. The molecule has 0 aromatic heterocycles. The molecular weight excluding hydrogens is 228 g/mol. The van der Waals surface area contributed by atoms with Gasteiger partial charge in [0.25, 0.3) is 0 Å². The van der Waals surface area contributed by atoms with E-state index >= 15 is 0 Å². The van der Waals surface area contributed by atoms with Gasteiger partial charge in [0.2, 0.25) is 0 Å². The summed E-state index contributed by atoms with van der Waals surface area (Å²) in [6, 6.07) is 0. The van der Waals surface area contributed by atoms with Gasteiger partial charge in [-0.05, 0) is 55.8 Å². The first-order valence-electron chi connectivity index (χ1n) is 7.12. The van der Waals surface area contributed by atoms with E-state index in [0.717, 1.165) is 11.8 Å². The summed E-state index contributed by atoms with van der Waals surface area (Å²) in [6.45, 7) is 0.356. The Morgan fingerprint density at radius 3 is 2.94 bits per heavy atom. The SMILES string of the molecule is COC(=O)CNC12CC3CC4(N)CC(C1)C2(C3)C4. The Morgan fingerprint density at radius 2 is 2.17 bits per heavy atom. The molecule has 0 radical (unpaired) electrons. The summed E-state index contributed by atoms with van der Waals surface area (Å²) in [5, 5.41) is 3.55. The molecule has 0 heterocycles. The summed E-state index contributed by atoms with van der Waals surface area (Å²) in [6.07, 6.45) is 7.37. The van der Waals surface area contributed by atoms with Gasteiger partial charge in [-0.1, -0.05) is 0 Å². The van der Waals surface area contributed by atoms with E-state index in [4.69, 9.17) is 10.5 Å². The first-order chi connectivity index (χ1) is 8.51. The number of ether oxygens (including phenoxy) is 1. The maximum atomic E-state index is 11.4. The molecule has 5 unspecified atom stereocenters. The smallest absolute Gasteiger partial charge is 0.319 e. The maximum Gasteiger partial charge on any atom is 0.319 e. The van der Waals surface area contributed by atoms with Gasteiger partial charge < -0.3 is 15.8 Å². The highest BCUT2D eigenvalue weighted by Crippen LogP contribution is 2.77. The lowest BCUT2D eigenvalue weighted by molar-refractivity contribution is -0.141. The maximum absolute atomic E-state index is 11.4. The molecule has 4 saturated carbocycles. The van der Waals surface area contributed by atoms with Gasteiger partial charge in [-0.3, -0.25) is 4.79 Å². The van der Waals surface area contributed by atoms with Gasteiger partial charge in [0.15, 0.2) is 0 Å². The highest BCUT2D eigenvalue weighted by molar-refractivity contribution is 5.71. The lowest BCUT2D eigenvalue weighted by Crippen LogP contribution is -2.66. The molecule has 1 spiro atoms. The first kappa shape index (κ1) is 11.2. The van der Waals surface area contributed by atoms with E-state index in [1.54, 1.807) is 0 Å². The lowest BCUT2D eigenvalue weighted by atomic mass is 9.51. The van der Waals surface area contributed by atoms with Crippen LogP contribution in [0.15, 0.2) is 0 Å². The van der Waals surface area contributed by atoms with Crippen LogP contribution < -0.4 is 11.1 Å². The first-order valence-corrected chi connectivity index (χ1v) is 7.12. The summed E-state index contributed by atoms with van der Waals surface area (Å²) in [7, 11) is 1.46. The molecule has 4 heteroatoms. The van der Waals surface area contributed by atoms with Crippen LogP contribution in [0.5, 0.6) is 0 Å². The van der Waals surface area contributed by atoms with Gasteiger partial charge in [0.1, 0.15) is 0 Å². The van der Waals surface area contributed by atoms with Gasteiger partial charge in [0.05, 0.1) is 13.7 Å². The molecule has 3 N–H and O–H groups in total. The van der Waals surface area contributed by atoms with Gasteiger partial charge in [0, 0.05) is 11.1 Å². The third kappa shape index (κ3) is 1.12. The van der Waals surface area contributed by atoms with E-state index in [0.29, 0.717) is 12.0 Å². The van der Waals surface area contributed by atoms with Crippen LogP contribution in [-0.2, 0) is 9.53 Å². The predicted octanol–water partition coefficient (Wildman–Crippen LogP) is 0.799. The highest BCUT2D eigenvalue weighted by atomic mass is 16.5. The quantitative estimate of drug-likeness (QED) is 0.727. The van der Waals surface area contributed by atoms with Crippen LogP contribution in [0.4, 0.5) is 0 Å². The highest BCUT2D eigenvalue weighted by Gasteiger charge is 2.76. The molecule has 4 rings (SSSR count). The topological polar surface area (TPSA) is 64.3 Å². The lowest BCUT2D eigenvalue weighted by Gasteiger charge is -2.59. The fourth-order valence-electron chi connectivity index (χ4n) is 6.16. The van der Waals surface area contributed by atoms with E-state index in [9.17, 15) is 4.79 Å². The predicted molar refractivity (Wildman–Crippen MR) is 66.8 cm³/mol. The Morgan fingerprint density at radius 1 is 1.33 bits per heavy atom. The van der Waals surface area contributed by atoms with Gasteiger partial charge >= 0.3 is 5.97 Å². The normalized spacial score (nSPS) is 55.2. The van der Waals surface area contributed by atoms with E-state index in [-0.39, 0.29) is 17.0 Å². The molecule has 0 aliphatic heterocycles. The zero-order chi connectivity index (χ0) is 12.6. The number of hydrogen-bond donors (Lipinski definition) is 2. The molecule has 5 atom stereocenters. The Balaban J connectivity index is 1.60. The van der Waals surface area contributed by atoms with Crippen LogP contribution in [-0.4, -0.2) is 30.7 Å². The van der Waals surface area contributed by atoms with Crippen molar-refractivity contribution in [3.8, 4) is 0 Å². The van der Waals surface area contributed by atoms with Gasteiger partial charge in [-0.15, -0.1) is 0 Å². The Bertz CT molecular complexity index is 422. The molecule has 4 aliphatic rings. The summed E-state index contributed by atoms with van der Waals surface area (Å²) in [5.74, 6) is 1.43. The third-order valence-electron chi connectivity index (χ3n) is 6.43. The number of methoxy groups -OCH3 is 1. The summed E-state index contributed by atoms with van der Waals surface area (Å²) in [5.41, 5.74) is 7.28. The Labute approximate surface area is 108 Å². The minimum Gasteiger partial charge on any atom is -0.468 e. The van der Waals surface area contributed by atoms with Crippen LogP contribution >= 0.6 is 0 Å². The molecule has 0 saturated heterocycles. The molecule has 0 amide bonds. The fourth-order valence-corrected chi connectivity index (χ4v) is 6.16. The molecule has 18 heavy (non-hydrogen) atoms. The number of carbonyl (C=O) groups excluding carboxylic acids is 1. The van der Waals surface area contributed by atoms with Crippen LogP contribution in [0.25, 0.3) is 0 Å². The van der Waals surface area contributed by atoms with Crippen molar-refractivity contribution in [2.24, 2.45) is 23.0 Å². The number of fused-ring (bicyclic) bond motifs is 2. The monoisotopic (exact) mass is 250 g/mol. The van der Waals surface area contributed by atoms with Crippen molar-refractivity contribution in [2.75, 3.05) is 13.7 Å². The number of carbonyl (C=O) groups is 1. The van der Waals surface area contributed by atoms with E-state index < -0.39 is 0 Å². The molecule has 4 aliphatic carbocycles. The zero-order valence-corrected chi connectivity index (χ0v) is 11.0. The van der Waals surface area contributed by atoms with Crippen LogP contribution in [0, 0.1) is 17.3 Å². The molecule has 0 aromatic rings. The number of rotatable bonds is 3. The van der Waals surface area contributed by atoms with Crippen molar-refractivity contribution in [3.63, 3.8) is 0 Å². The molecule has 4 fully saturated rings. The molecular formula is C14H22N2O2. The van der Waals surface area contributed by atoms with Crippen molar-refractivity contribution >= 4 is 5.97 Å². The van der Waals surface area contributed by atoms with E-state index in [1.807, 2.05) is 0 Å². The van der Waals surface area contributed by atoms with Gasteiger partial charge in [-0.2, -0.15) is 0 Å². The van der Waals surface area contributed by atoms with E-state index in [1.165, 1.54) is 45.6 Å². The molecule has 100 valence electrons. The zero-order valence-electron chi connectivity index (χ0n) is 11.0. The Kier molecular flexibility index (Phi) is 1.93. The van der Waals surface area contributed by atoms with Crippen LogP contribution in [0.1, 0.15) is 38.5 Å². The van der Waals surface area contributed by atoms with Crippen molar-refractivity contribution < 1.29 is 9.53 Å². The summed E-state index contributed by atoms with van der Waals surface area (Å²) < 4.78 is 4.75. The minimum atomic E-state index is -0.150. The molecule has 0 aromatic carbocycles. The average Bonchev–Trinajstić information content (AvgIpc) is 2.60. The van der Waals surface area contributed by atoms with Crippen molar-refractivity contribution in [1.29, 1.82) is 0 Å². The largest absolute Gasteiger partial charge is 0.468 e. The van der Waals surface area contributed by atoms with Crippen LogP contribution in [0.3, 0.4) is 0 Å². The minimum absolute atomic E-state index is 0.110. The second-order valence-electron chi connectivity index (χ2n) is 7.29. The number of nitrogens with two attached hydrogens (primary N) is 1. The van der Waals surface area contributed by atoms with E-state index in [2.05, 4.69) is 5.32 Å². The second-order valence-corrected chi connectivity index (χ2v) is 7.29. The third-order valence-corrected chi connectivity index (χ3v) is 6.43. The molecule has 3 bridgehead atoms. The number of nitrogens with one attached hydrogen (secondary N) is 1.